The number of fused-ring (bicyclic) bond motifs is 1. The number of likely N-dealkylation sites (N-methyl/N-ethyl adjacent to an activating group) is 1. The lowest BCUT2D eigenvalue weighted by atomic mass is 9.79. The summed E-state index contributed by atoms with van der Waals surface area (Å²) in [7, 11) is 0. The fourth-order valence-corrected chi connectivity index (χ4v) is 3.43. The molecule has 1 aliphatic carbocycles. The number of urea groups is 1. The number of benzene rings is 1. The summed E-state index contributed by atoms with van der Waals surface area (Å²) in [6, 6.07) is 4.34. The molecular formula is C16H19FN2O2. The molecule has 4 nitrogen and oxygen atoms in total. The Bertz CT molecular complexity index is 602. The zero-order chi connectivity index (χ0) is 15.1. The molecule has 3 amide bonds. The van der Waals surface area contributed by atoms with Crippen LogP contribution in [-0.4, -0.2) is 34.8 Å². The quantitative estimate of drug-likeness (QED) is 0.786. The maximum atomic E-state index is 14.0. The van der Waals surface area contributed by atoms with E-state index >= 15 is 0 Å². The van der Waals surface area contributed by atoms with Gasteiger partial charge in [0.05, 0.1) is 6.04 Å². The minimum absolute atomic E-state index is 0.128. The number of carbonyl (C=O) groups is 2. The highest BCUT2D eigenvalue weighted by Crippen LogP contribution is 2.41. The molecule has 5 heteroatoms. The first-order chi connectivity index (χ1) is 10.0. The van der Waals surface area contributed by atoms with E-state index in [1.807, 2.05) is 19.9 Å². The fourth-order valence-electron chi connectivity index (χ4n) is 3.43. The second kappa shape index (κ2) is 5.13. The molecule has 0 N–H and O–H groups in total. The van der Waals surface area contributed by atoms with Gasteiger partial charge in [-0.1, -0.05) is 19.1 Å². The molecule has 2 aliphatic rings. The molecule has 112 valence electrons. The van der Waals surface area contributed by atoms with Gasteiger partial charge in [0.2, 0.25) is 0 Å². The summed E-state index contributed by atoms with van der Waals surface area (Å²) in [6.07, 6.45) is 1.44. The Labute approximate surface area is 123 Å². The second-order valence-corrected chi connectivity index (χ2v) is 5.83. The van der Waals surface area contributed by atoms with Crippen molar-refractivity contribution in [2.45, 2.75) is 32.7 Å². The summed E-state index contributed by atoms with van der Waals surface area (Å²) in [4.78, 5) is 27.6. The van der Waals surface area contributed by atoms with Crippen molar-refractivity contribution in [3.63, 3.8) is 0 Å². The molecular weight excluding hydrogens is 271 g/mol. The van der Waals surface area contributed by atoms with Crippen LogP contribution in [0.3, 0.4) is 0 Å². The predicted octanol–water partition coefficient (Wildman–Crippen LogP) is 2.73. The van der Waals surface area contributed by atoms with Gasteiger partial charge in [0.15, 0.2) is 0 Å². The Hall–Kier alpha value is -1.91. The molecule has 3 rings (SSSR count). The average molecular weight is 290 g/mol. The van der Waals surface area contributed by atoms with Crippen LogP contribution in [0.25, 0.3) is 0 Å². The Morgan fingerprint density at radius 3 is 2.76 bits per heavy atom. The number of rotatable bonds is 2. The molecule has 1 aliphatic heterocycles. The molecule has 0 spiro atoms. The highest BCUT2D eigenvalue weighted by atomic mass is 19.1. The highest BCUT2D eigenvalue weighted by molar-refractivity contribution is 6.02. The van der Waals surface area contributed by atoms with Crippen molar-refractivity contribution >= 4 is 11.9 Å². The Morgan fingerprint density at radius 1 is 1.33 bits per heavy atom. The molecule has 0 saturated carbocycles. The molecule has 0 radical (unpaired) electrons. The standard InChI is InChI=1S/C16H19FN2O2/c1-3-18-9-14(20)19(16(18)21)15-10(2)7-8-11-12(15)5-4-6-13(11)17/h4-6,10,15H,3,7-9H2,1-2H3/t10-,15+/m0/s1. The van der Waals surface area contributed by atoms with E-state index in [4.69, 9.17) is 0 Å². The van der Waals surface area contributed by atoms with Crippen LogP contribution in [0.5, 0.6) is 0 Å². The monoisotopic (exact) mass is 290 g/mol. The van der Waals surface area contributed by atoms with Crippen molar-refractivity contribution in [3.05, 3.63) is 35.1 Å². The van der Waals surface area contributed by atoms with Crippen molar-refractivity contribution < 1.29 is 14.0 Å². The maximum absolute atomic E-state index is 14.0. The van der Waals surface area contributed by atoms with Crippen molar-refractivity contribution in [1.82, 2.24) is 9.80 Å². The summed E-state index contributed by atoms with van der Waals surface area (Å²) in [5.41, 5.74) is 1.43. The first kappa shape index (κ1) is 14.0. The molecule has 0 aromatic heterocycles. The van der Waals surface area contributed by atoms with Crippen molar-refractivity contribution in [3.8, 4) is 0 Å². The number of nitrogens with zero attached hydrogens (tertiary/aromatic N) is 2. The van der Waals surface area contributed by atoms with Gasteiger partial charge in [-0.05, 0) is 42.9 Å². The first-order valence-electron chi connectivity index (χ1n) is 7.42. The van der Waals surface area contributed by atoms with E-state index in [1.165, 1.54) is 15.9 Å². The second-order valence-electron chi connectivity index (χ2n) is 5.83. The average Bonchev–Trinajstić information content (AvgIpc) is 2.74. The molecule has 1 aromatic rings. The lowest BCUT2D eigenvalue weighted by Crippen LogP contribution is -2.41. The van der Waals surface area contributed by atoms with Crippen LogP contribution in [0.4, 0.5) is 9.18 Å². The van der Waals surface area contributed by atoms with Crippen LogP contribution in [0, 0.1) is 11.7 Å². The normalized spacial score (nSPS) is 25.5. The van der Waals surface area contributed by atoms with Crippen molar-refractivity contribution in [1.29, 1.82) is 0 Å². The van der Waals surface area contributed by atoms with Gasteiger partial charge in [-0.15, -0.1) is 0 Å². The van der Waals surface area contributed by atoms with Crippen LogP contribution in [0.1, 0.15) is 37.4 Å². The van der Waals surface area contributed by atoms with Crippen LogP contribution in [0.15, 0.2) is 18.2 Å². The molecule has 2 atom stereocenters. The van der Waals surface area contributed by atoms with E-state index < -0.39 is 0 Å². The van der Waals surface area contributed by atoms with E-state index in [2.05, 4.69) is 0 Å². The fraction of sp³-hybridized carbons (Fsp3) is 0.500. The smallest absolute Gasteiger partial charge is 0.315 e. The summed E-state index contributed by atoms with van der Waals surface area (Å²) >= 11 is 0. The minimum Gasteiger partial charge on any atom is -0.315 e. The zero-order valence-corrected chi connectivity index (χ0v) is 12.3. The molecule has 1 heterocycles. The Kier molecular flexibility index (Phi) is 3.43. The van der Waals surface area contributed by atoms with E-state index in [9.17, 15) is 14.0 Å². The lowest BCUT2D eigenvalue weighted by molar-refractivity contribution is -0.127. The van der Waals surface area contributed by atoms with E-state index in [0.717, 1.165) is 12.0 Å². The molecule has 1 aromatic carbocycles. The topological polar surface area (TPSA) is 40.6 Å². The third-order valence-electron chi connectivity index (χ3n) is 4.59. The van der Waals surface area contributed by atoms with Crippen molar-refractivity contribution in [2.75, 3.05) is 13.1 Å². The molecule has 0 bridgehead atoms. The van der Waals surface area contributed by atoms with E-state index in [1.54, 1.807) is 6.07 Å². The SMILES string of the molecule is CCN1CC(=O)N([C@H]2c3cccc(F)c3CC[C@@H]2C)C1=O. The first-order valence-corrected chi connectivity index (χ1v) is 7.42. The number of carbonyl (C=O) groups excluding carboxylic acids is 2. The van der Waals surface area contributed by atoms with Gasteiger partial charge in [-0.3, -0.25) is 9.69 Å². The van der Waals surface area contributed by atoms with Gasteiger partial charge in [-0.25, -0.2) is 9.18 Å². The third-order valence-corrected chi connectivity index (χ3v) is 4.59. The maximum Gasteiger partial charge on any atom is 0.327 e. The largest absolute Gasteiger partial charge is 0.327 e. The lowest BCUT2D eigenvalue weighted by Gasteiger charge is -2.36. The number of halogens is 1. The van der Waals surface area contributed by atoms with E-state index in [0.29, 0.717) is 18.5 Å². The van der Waals surface area contributed by atoms with Gasteiger partial charge in [-0.2, -0.15) is 0 Å². The summed E-state index contributed by atoms with van der Waals surface area (Å²) in [5, 5.41) is 0. The zero-order valence-electron chi connectivity index (χ0n) is 12.3. The summed E-state index contributed by atoms with van der Waals surface area (Å²) < 4.78 is 14.0. The molecule has 0 unspecified atom stereocenters. The van der Waals surface area contributed by atoms with Crippen LogP contribution >= 0.6 is 0 Å². The number of amides is 3. The highest BCUT2D eigenvalue weighted by Gasteiger charge is 2.44. The third kappa shape index (κ3) is 2.11. The van der Waals surface area contributed by atoms with Crippen LogP contribution in [0.2, 0.25) is 0 Å². The van der Waals surface area contributed by atoms with Gasteiger partial charge >= 0.3 is 6.03 Å². The minimum atomic E-state index is -0.346. The molecule has 1 fully saturated rings. The number of hydrogen-bond donors (Lipinski definition) is 0. The van der Waals surface area contributed by atoms with E-state index in [-0.39, 0.29) is 36.3 Å². The summed E-state index contributed by atoms with van der Waals surface area (Å²) in [5.74, 6) is -0.282. The van der Waals surface area contributed by atoms with Gasteiger partial charge in [0.1, 0.15) is 12.4 Å². The Morgan fingerprint density at radius 2 is 2.10 bits per heavy atom. The molecule has 21 heavy (non-hydrogen) atoms. The molecule has 1 saturated heterocycles. The predicted molar refractivity (Wildman–Crippen MR) is 76.1 cm³/mol. The van der Waals surface area contributed by atoms with Gasteiger partial charge in [0.25, 0.3) is 5.91 Å². The van der Waals surface area contributed by atoms with Crippen molar-refractivity contribution in [2.24, 2.45) is 5.92 Å². The Balaban J connectivity index is 2.05. The number of hydrogen-bond acceptors (Lipinski definition) is 2. The van der Waals surface area contributed by atoms with Crippen LogP contribution < -0.4 is 0 Å². The number of imide groups is 1. The summed E-state index contributed by atoms with van der Waals surface area (Å²) in [6.45, 7) is 4.52. The van der Waals surface area contributed by atoms with Crippen LogP contribution in [-0.2, 0) is 11.2 Å². The van der Waals surface area contributed by atoms with Gasteiger partial charge < -0.3 is 4.90 Å². The van der Waals surface area contributed by atoms with Gasteiger partial charge in [0, 0.05) is 6.54 Å².